The molecule has 0 spiro atoms. The van der Waals surface area contributed by atoms with Gasteiger partial charge in [-0.2, -0.15) is 0 Å². The molecule has 0 aromatic heterocycles. The monoisotopic (exact) mass is 402 g/mol. The number of hydrogen-bond acceptors (Lipinski definition) is 2. The van der Waals surface area contributed by atoms with Crippen LogP contribution in [0.2, 0.25) is 0 Å². The van der Waals surface area contributed by atoms with E-state index < -0.39 is 0 Å². The minimum atomic E-state index is -0.347. The fraction of sp³-hybridized carbons (Fsp3) is 0.120. The molecule has 1 N–H and O–H groups in total. The Hall–Kier alpha value is -3.73. The van der Waals surface area contributed by atoms with Gasteiger partial charge in [0, 0.05) is 24.4 Å². The first-order valence-electron chi connectivity index (χ1n) is 9.61. The average Bonchev–Trinajstić information content (AvgIpc) is 2.77. The van der Waals surface area contributed by atoms with E-state index in [2.05, 4.69) is 5.32 Å². The smallest absolute Gasteiger partial charge is 0.255 e. The van der Waals surface area contributed by atoms with E-state index in [1.54, 1.807) is 42.3 Å². The number of nitrogens with one attached hydrogen (secondary N) is 1. The van der Waals surface area contributed by atoms with E-state index in [-0.39, 0.29) is 23.7 Å². The first-order chi connectivity index (χ1) is 14.4. The lowest BCUT2D eigenvalue weighted by Crippen LogP contribution is -2.28. The van der Waals surface area contributed by atoms with Crippen LogP contribution in [-0.2, 0) is 4.79 Å². The zero-order valence-corrected chi connectivity index (χ0v) is 16.9. The highest BCUT2D eigenvalue weighted by molar-refractivity contribution is 6.04. The van der Waals surface area contributed by atoms with Crippen LogP contribution >= 0.6 is 0 Å². The first kappa shape index (κ1) is 21.0. The van der Waals surface area contributed by atoms with Crippen molar-refractivity contribution in [2.75, 3.05) is 12.4 Å². The third-order valence-electron chi connectivity index (χ3n) is 4.86. The van der Waals surface area contributed by atoms with Gasteiger partial charge in [0.15, 0.2) is 0 Å². The van der Waals surface area contributed by atoms with Gasteiger partial charge in [0.05, 0.1) is 6.04 Å². The Morgan fingerprint density at radius 1 is 0.967 bits per heavy atom. The van der Waals surface area contributed by atoms with Gasteiger partial charge in [-0.05, 0) is 60.5 Å². The van der Waals surface area contributed by atoms with E-state index in [1.807, 2.05) is 49.4 Å². The summed E-state index contributed by atoms with van der Waals surface area (Å²) in [6.45, 7) is 1.91. The molecule has 0 saturated carbocycles. The van der Waals surface area contributed by atoms with Crippen LogP contribution in [0.15, 0.2) is 84.9 Å². The molecule has 0 radical (unpaired) electrons. The summed E-state index contributed by atoms with van der Waals surface area (Å²) in [5.74, 6) is -0.742. The van der Waals surface area contributed by atoms with Gasteiger partial charge in [0.1, 0.15) is 5.82 Å². The number of amides is 2. The predicted molar refractivity (Wildman–Crippen MR) is 117 cm³/mol. The molecule has 3 aromatic rings. The molecule has 0 aliphatic rings. The molecule has 30 heavy (non-hydrogen) atoms. The maximum Gasteiger partial charge on any atom is 0.255 e. The number of hydrogen-bond donors (Lipinski definition) is 1. The molecule has 0 aliphatic heterocycles. The van der Waals surface area contributed by atoms with Gasteiger partial charge in [0.25, 0.3) is 5.91 Å². The summed E-state index contributed by atoms with van der Waals surface area (Å²) >= 11 is 0. The van der Waals surface area contributed by atoms with Crippen molar-refractivity contribution in [1.29, 1.82) is 0 Å². The second-order valence-corrected chi connectivity index (χ2v) is 6.96. The summed E-state index contributed by atoms with van der Waals surface area (Å²) in [7, 11) is 1.71. The van der Waals surface area contributed by atoms with Gasteiger partial charge in [-0.15, -0.1) is 0 Å². The molecule has 152 valence electrons. The summed E-state index contributed by atoms with van der Waals surface area (Å²) < 4.78 is 13.3. The van der Waals surface area contributed by atoms with Crippen LogP contribution in [0.25, 0.3) is 6.08 Å². The lowest BCUT2D eigenvalue weighted by molar-refractivity contribution is -0.126. The summed E-state index contributed by atoms with van der Waals surface area (Å²) in [4.78, 5) is 26.5. The highest BCUT2D eigenvalue weighted by Crippen LogP contribution is 2.23. The minimum Gasteiger partial charge on any atom is -0.335 e. The fourth-order valence-corrected chi connectivity index (χ4v) is 2.98. The Bertz CT molecular complexity index is 1060. The summed E-state index contributed by atoms with van der Waals surface area (Å²) in [5, 5.41) is 2.88. The predicted octanol–water partition coefficient (Wildman–Crippen LogP) is 5.31. The number of rotatable bonds is 6. The molecule has 5 heteroatoms. The summed E-state index contributed by atoms with van der Waals surface area (Å²) in [6.07, 6.45) is 3.01. The number of benzene rings is 3. The highest BCUT2D eigenvalue weighted by Gasteiger charge is 2.16. The zero-order chi connectivity index (χ0) is 21.5. The van der Waals surface area contributed by atoms with Crippen molar-refractivity contribution in [2.45, 2.75) is 13.0 Å². The Kier molecular flexibility index (Phi) is 6.75. The summed E-state index contributed by atoms with van der Waals surface area (Å²) in [6, 6.07) is 22.2. The van der Waals surface area contributed by atoms with Crippen molar-refractivity contribution in [1.82, 2.24) is 4.90 Å². The lowest BCUT2D eigenvalue weighted by Gasteiger charge is -2.24. The molecule has 4 nitrogen and oxygen atoms in total. The SMILES string of the molecule is CC(c1cccc(NC(=O)c2ccccc2)c1)N(C)C(=O)/C=C/c1cccc(F)c1. The van der Waals surface area contributed by atoms with Crippen molar-refractivity contribution in [3.8, 4) is 0 Å². The van der Waals surface area contributed by atoms with Crippen molar-refractivity contribution in [3.05, 3.63) is 107 Å². The molecule has 0 aliphatic carbocycles. The number of halogens is 1. The van der Waals surface area contributed by atoms with E-state index in [9.17, 15) is 14.0 Å². The standard InChI is InChI=1S/C25H23FN2O2/c1-18(28(2)24(29)15-14-19-8-6-12-22(26)16-19)21-11-7-13-23(17-21)27-25(30)20-9-4-3-5-10-20/h3-18H,1-2H3,(H,27,30)/b15-14+. The molecule has 0 saturated heterocycles. The maximum absolute atomic E-state index is 13.3. The average molecular weight is 402 g/mol. The molecule has 3 aromatic carbocycles. The highest BCUT2D eigenvalue weighted by atomic mass is 19.1. The molecular weight excluding hydrogens is 379 g/mol. The Balaban J connectivity index is 1.68. The van der Waals surface area contributed by atoms with Gasteiger partial charge in [-0.1, -0.05) is 42.5 Å². The van der Waals surface area contributed by atoms with Crippen molar-refractivity contribution in [3.63, 3.8) is 0 Å². The Morgan fingerprint density at radius 3 is 2.43 bits per heavy atom. The van der Waals surface area contributed by atoms with Crippen molar-refractivity contribution in [2.24, 2.45) is 0 Å². The number of likely N-dealkylation sites (N-methyl/N-ethyl adjacent to an activating group) is 1. The number of nitrogens with zero attached hydrogens (tertiary/aromatic N) is 1. The molecule has 0 heterocycles. The number of anilines is 1. The third-order valence-corrected chi connectivity index (χ3v) is 4.86. The van der Waals surface area contributed by atoms with Gasteiger partial charge in [-0.25, -0.2) is 4.39 Å². The number of carbonyl (C=O) groups excluding carboxylic acids is 2. The van der Waals surface area contributed by atoms with E-state index in [4.69, 9.17) is 0 Å². The molecule has 1 atom stereocenters. The van der Waals surface area contributed by atoms with Crippen LogP contribution < -0.4 is 5.32 Å². The van der Waals surface area contributed by atoms with Gasteiger partial charge in [-0.3, -0.25) is 9.59 Å². The molecule has 0 bridgehead atoms. The quantitative estimate of drug-likeness (QED) is 0.568. The van der Waals surface area contributed by atoms with Crippen LogP contribution in [0.5, 0.6) is 0 Å². The summed E-state index contributed by atoms with van der Waals surface area (Å²) in [5.41, 5.74) is 2.74. The van der Waals surface area contributed by atoms with Crippen molar-refractivity contribution < 1.29 is 14.0 Å². The van der Waals surface area contributed by atoms with Gasteiger partial charge >= 0.3 is 0 Å². The molecule has 3 rings (SSSR count). The number of carbonyl (C=O) groups is 2. The Morgan fingerprint density at radius 2 is 1.70 bits per heavy atom. The Labute approximate surface area is 175 Å². The van der Waals surface area contributed by atoms with Crippen LogP contribution in [0.3, 0.4) is 0 Å². The van der Waals surface area contributed by atoms with Crippen LogP contribution in [-0.4, -0.2) is 23.8 Å². The molecule has 1 unspecified atom stereocenters. The normalized spacial score (nSPS) is 11.8. The molecule has 2 amide bonds. The van der Waals surface area contributed by atoms with Crippen molar-refractivity contribution >= 4 is 23.6 Å². The molecule has 0 fully saturated rings. The van der Waals surface area contributed by atoms with Crippen LogP contribution in [0, 0.1) is 5.82 Å². The van der Waals surface area contributed by atoms with Gasteiger partial charge < -0.3 is 10.2 Å². The van der Waals surface area contributed by atoms with E-state index in [0.717, 1.165) is 5.56 Å². The van der Waals surface area contributed by atoms with E-state index >= 15 is 0 Å². The maximum atomic E-state index is 13.3. The van der Waals surface area contributed by atoms with Crippen LogP contribution in [0.1, 0.15) is 34.5 Å². The fourth-order valence-electron chi connectivity index (χ4n) is 2.98. The third kappa shape index (κ3) is 5.41. The second kappa shape index (κ2) is 9.65. The second-order valence-electron chi connectivity index (χ2n) is 6.96. The van der Waals surface area contributed by atoms with E-state index in [0.29, 0.717) is 16.8 Å². The van der Waals surface area contributed by atoms with Gasteiger partial charge in [0.2, 0.25) is 5.91 Å². The van der Waals surface area contributed by atoms with E-state index in [1.165, 1.54) is 18.2 Å². The zero-order valence-electron chi connectivity index (χ0n) is 16.9. The minimum absolute atomic E-state index is 0.192. The topological polar surface area (TPSA) is 49.4 Å². The van der Waals surface area contributed by atoms with Crippen LogP contribution in [0.4, 0.5) is 10.1 Å². The first-order valence-corrected chi connectivity index (χ1v) is 9.61. The molecular formula is C25H23FN2O2. The largest absolute Gasteiger partial charge is 0.335 e. The lowest BCUT2D eigenvalue weighted by atomic mass is 10.1.